The number of anilines is 2. The number of para-hydroxylation sites is 2. The molecule has 0 spiro atoms. The summed E-state index contributed by atoms with van der Waals surface area (Å²) in [4.78, 5) is 29.0. The van der Waals surface area contributed by atoms with Crippen molar-refractivity contribution >= 4 is 23.1 Å². The number of hydrogen-bond acceptors (Lipinski definition) is 6. The Kier molecular flexibility index (Phi) is 6.85. The Labute approximate surface area is 223 Å². The average Bonchev–Trinajstić information content (AvgIpc) is 3.07. The Morgan fingerprint density at radius 3 is 2.16 bits per heavy atom. The number of ether oxygens (including phenoxy) is 3. The molecule has 7 nitrogen and oxygen atoms in total. The van der Waals surface area contributed by atoms with Crippen molar-refractivity contribution in [1.29, 1.82) is 0 Å². The van der Waals surface area contributed by atoms with Gasteiger partial charge in [0.15, 0.2) is 17.3 Å². The first-order valence-electron chi connectivity index (χ1n) is 12.6. The van der Waals surface area contributed by atoms with Crippen molar-refractivity contribution in [3.8, 4) is 17.2 Å². The molecule has 1 amide bonds. The Balaban J connectivity index is 1.74. The fraction of sp³-hybridized carbons (Fsp3) is 0.290. The third-order valence-electron chi connectivity index (χ3n) is 7.38. The molecule has 3 aromatic carbocycles. The first-order valence-corrected chi connectivity index (χ1v) is 12.6. The fourth-order valence-electron chi connectivity index (χ4n) is 5.59. The second-order valence-electron chi connectivity index (χ2n) is 9.72. The van der Waals surface area contributed by atoms with Gasteiger partial charge in [-0.15, -0.1) is 0 Å². The zero-order valence-corrected chi connectivity index (χ0v) is 22.3. The number of hydrogen-bond donors (Lipinski definition) is 1. The van der Waals surface area contributed by atoms with Gasteiger partial charge in [-0.1, -0.05) is 42.0 Å². The number of amides is 1. The lowest BCUT2D eigenvalue weighted by atomic mass is 9.78. The fourth-order valence-corrected chi connectivity index (χ4v) is 5.59. The third-order valence-corrected chi connectivity index (χ3v) is 7.38. The number of allylic oxidation sites excluding steroid dienone is 1. The highest BCUT2D eigenvalue weighted by Gasteiger charge is 2.41. The van der Waals surface area contributed by atoms with Gasteiger partial charge in [0.2, 0.25) is 11.7 Å². The molecule has 1 heterocycles. The molecule has 0 aromatic heterocycles. The lowest BCUT2D eigenvalue weighted by Gasteiger charge is -2.35. The number of rotatable bonds is 5. The van der Waals surface area contributed by atoms with Gasteiger partial charge in [-0.05, 0) is 54.7 Å². The van der Waals surface area contributed by atoms with Gasteiger partial charge in [0.05, 0.1) is 38.7 Å². The standard InChI is InChI=1S/C31H32N2O5/c1-18-10-12-20(13-11-18)21-14-24-29(26(35)15-21)30(22-16-27(36-3)31(38-5)28(17-22)37-4)33(19(2)34)25-9-7-6-8-23(25)32-24/h6-13,16-17,21,30,32H,14-15H2,1-5H3/t21-,30-/m1/s1. The van der Waals surface area contributed by atoms with E-state index >= 15 is 0 Å². The molecule has 0 bridgehead atoms. The number of nitrogens with one attached hydrogen (secondary N) is 1. The quantitative estimate of drug-likeness (QED) is 0.456. The van der Waals surface area contributed by atoms with Gasteiger partial charge in [-0.3, -0.25) is 14.5 Å². The molecular weight excluding hydrogens is 480 g/mol. The SMILES string of the molecule is COc1cc([C@@H]2C3=C(C[C@@H](c4ccc(C)cc4)CC3=O)Nc3ccccc3N2C(C)=O)cc(OC)c1OC. The van der Waals surface area contributed by atoms with E-state index in [0.717, 1.165) is 16.9 Å². The van der Waals surface area contributed by atoms with Gasteiger partial charge in [0, 0.05) is 24.6 Å². The Morgan fingerprint density at radius 2 is 1.55 bits per heavy atom. The number of carbonyl (C=O) groups is 2. The number of aryl methyl sites for hydroxylation is 1. The molecule has 0 unspecified atom stereocenters. The van der Waals surface area contributed by atoms with Crippen molar-refractivity contribution in [3.63, 3.8) is 0 Å². The highest BCUT2D eigenvalue weighted by atomic mass is 16.5. The van der Waals surface area contributed by atoms with Crippen LogP contribution < -0.4 is 24.4 Å². The maximum atomic E-state index is 14.0. The maximum absolute atomic E-state index is 14.0. The highest BCUT2D eigenvalue weighted by molar-refractivity contribution is 6.06. The van der Waals surface area contributed by atoms with Crippen LogP contribution in [0.3, 0.4) is 0 Å². The van der Waals surface area contributed by atoms with Gasteiger partial charge < -0.3 is 19.5 Å². The largest absolute Gasteiger partial charge is 0.493 e. The molecule has 0 radical (unpaired) electrons. The predicted octanol–water partition coefficient (Wildman–Crippen LogP) is 5.94. The van der Waals surface area contributed by atoms with Crippen molar-refractivity contribution in [2.75, 3.05) is 31.5 Å². The topological polar surface area (TPSA) is 77.1 Å². The van der Waals surface area contributed by atoms with E-state index in [1.54, 1.807) is 26.2 Å². The van der Waals surface area contributed by atoms with Gasteiger partial charge in [-0.2, -0.15) is 0 Å². The lowest BCUT2D eigenvalue weighted by molar-refractivity contribution is -0.117. The van der Waals surface area contributed by atoms with E-state index in [0.29, 0.717) is 46.9 Å². The zero-order chi connectivity index (χ0) is 27.0. The molecule has 5 rings (SSSR count). The summed E-state index contributed by atoms with van der Waals surface area (Å²) in [5.74, 6) is 1.22. The van der Waals surface area contributed by atoms with Crippen LogP contribution in [0, 0.1) is 6.92 Å². The van der Waals surface area contributed by atoms with Gasteiger partial charge >= 0.3 is 0 Å². The van der Waals surface area contributed by atoms with Crippen molar-refractivity contribution in [2.45, 2.75) is 38.6 Å². The summed E-state index contributed by atoms with van der Waals surface area (Å²) in [7, 11) is 4.65. The summed E-state index contributed by atoms with van der Waals surface area (Å²) in [6.45, 7) is 3.58. The van der Waals surface area contributed by atoms with Crippen molar-refractivity contribution in [1.82, 2.24) is 0 Å². The monoisotopic (exact) mass is 512 g/mol. The second-order valence-corrected chi connectivity index (χ2v) is 9.72. The minimum absolute atomic E-state index is 0.00197. The van der Waals surface area contributed by atoms with Gasteiger partial charge in [0.1, 0.15) is 0 Å². The second kappa shape index (κ2) is 10.2. The molecule has 0 saturated carbocycles. The molecule has 0 saturated heterocycles. The maximum Gasteiger partial charge on any atom is 0.224 e. The number of carbonyl (C=O) groups excluding carboxylic acids is 2. The van der Waals surface area contributed by atoms with Crippen LogP contribution >= 0.6 is 0 Å². The third kappa shape index (κ3) is 4.38. The molecule has 3 aromatic rings. The summed E-state index contributed by atoms with van der Waals surface area (Å²) in [6, 6.07) is 19.0. The van der Waals surface area contributed by atoms with E-state index in [4.69, 9.17) is 14.2 Å². The Bertz CT molecular complexity index is 1400. The first kappa shape index (κ1) is 25.4. The molecule has 196 valence electrons. The molecule has 1 aliphatic heterocycles. The van der Waals surface area contributed by atoms with Crippen LogP contribution in [0.25, 0.3) is 0 Å². The van der Waals surface area contributed by atoms with Crippen LogP contribution in [0.1, 0.15) is 48.4 Å². The Hall–Kier alpha value is -4.26. The van der Waals surface area contributed by atoms with E-state index in [1.807, 2.05) is 36.4 Å². The van der Waals surface area contributed by atoms with E-state index in [-0.39, 0.29) is 17.6 Å². The van der Waals surface area contributed by atoms with Crippen LogP contribution in [-0.4, -0.2) is 33.0 Å². The number of fused-ring (bicyclic) bond motifs is 1. The zero-order valence-electron chi connectivity index (χ0n) is 22.3. The molecule has 38 heavy (non-hydrogen) atoms. The number of Topliss-reactive ketones (excluding diaryl/α,β-unsaturated/α-hetero) is 1. The predicted molar refractivity (Wildman–Crippen MR) is 147 cm³/mol. The van der Waals surface area contributed by atoms with Crippen LogP contribution in [-0.2, 0) is 9.59 Å². The van der Waals surface area contributed by atoms with Gasteiger partial charge in [-0.25, -0.2) is 0 Å². The summed E-state index contributed by atoms with van der Waals surface area (Å²) < 4.78 is 16.8. The van der Waals surface area contributed by atoms with Crippen molar-refractivity contribution in [2.24, 2.45) is 0 Å². The van der Waals surface area contributed by atoms with E-state index in [9.17, 15) is 9.59 Å². The molecule has 2 aliphatic rings. The Morgan fingerprint density at radius 1 is 0.895 bits per heavy atom. The van der Waals surface area contributed by atoms with E-state index in [2.05, 4.69) is 36.5 Å². The molecular formula is C31H32N2O5. The minimum atomic E-state index is -0.682. The van der Waals surface area contributed by atoms with Crippen LogP contribution in [0.4, 0.5) is 11.4 Å². The van der Waals surface area contributed by atoms with Crippen LogP contribution in [0.5, 0.6) is 17.2 Å². The number of nitrogens with zero attached hydrogens (tertiary/aromatic N) is 1. The van der Waals surface area contributed by atoms with Crippen LogP contribution in [0.2, 0.25) is 0 Å². The van der Waals surface area contributed by atoms with E-state index < -0.39 is 6.04 Å². The van der Waals surface area contributed by atoms with Crippen molar-refractivity contribution in [3.05, 3.63) is 88.6 Å². The highest BCUT2D eigenvalue weighted by Crippen LogP contribution is 2.49. The minimum Gasteiger partial charge on any atom is -0.493 e. The average molecular weight is 513 g/mol. The number of ketones is 1. The molecule has 1 aliphatic carbocycles. The van der Waals surface area contributed by atoms with Crippen LogP contribution in [0.15, 0.2) is 71.9 Å². The number of benzene rings is 3. The smallest absolute Gasteiger partial charge is 0.224 e. The molecule has 0 fully saturated rings. The summed E-state index contributed by atoms with van der Waals surface area (Å²) in [6.07, 6.45) is 0.998. The van der Waals surface area contributed by atoms with Gasteiger partial charge in [0.25, 0.3) is 0 Å². The molecule has 7 heteroatoms. The summed E-state index contributed by atoms with van der Waals surface area (Å²) in [5.41, 5.74) is 5.88. The normalized spacial score (nSPS) is 18.7. The first-order chi connectivity index (χ1) is 18.4. The lowest BCUT2D eigenvalue weighted by Crippen LogP contribution is -2.37. The molecule has 1 N–H and O–H groups in total. The summed E-state index contributed by atoms with van der Waals surface area (Å²) in [5, 5.41) is 3.55. The molecule has 2 atom stereocenters. The number of methoxy groups -OCH3 is 3. The van der Waals surface area contributed by atoms with E-state index in [1.165, 1.54) is 12.5 Å². The summed E-state index contributed by atoms with van der Waals surface area (Å²) >= 11 is 0. The van der Waals surface area contributed by atoms with Crippen molar-refractivity contribution < 1.29 is 23.8 Å².